The zero-order chi connectivity index (χ0) is 22.5. The molecule has 2 N–H and O–H groups in total. The predicted molar refractivity (Wildman–Crippen MR) is 125 cm³/mol. The fourth-order valence-electron chi connectivity index (χ4n) is 3.19. The molecule has 0 unspecified atom stereocenters. The minimum absolute atomic E-state index is 0.112. The van der Waals surface area contributed by atoms with Gasteiger partial charge in [0.2, 0.25) is 0 Å². The third kappa shape index (κ3) is 4.53. The molecule has 0 fully saturated rings. The molecule has 0 bridgehead atoms. The van der Waals surface area contributed by atoms with Crippen LogP contribution < -0.4 is 5.32 Å². The summed E-state index contributed by atoms with van der Waals surface area (Å²) >= 11 is 1.03. The number of carbonyl (C=O) groups is 2. The van der Waals surface area contributed by atoms with E-state index in [1.807, 2.05) is 60.7 Å². The van der Waals surface area contributed by atoms with Crippen molar-refractivity contribution in [2.45, 2.75) is 6.92 Å². The summed E-state index contributed by atoms with van der Waals surface area (Å²) in [7, 11) is 0. The second-order valence-electron chi connectivity index (χ2n) is 6.84. The second kappa shape index (κ2) is 9.45. The molecule has 0 saturated carbocycles. The van der Waals surface area contributed by atoms with Crippen molar-refractivity contribution in [3.8, 4) is 28.1 Å². The van der Waals surface area contributed by atoms with Crippen LogP contribution in [0.4, 0.5) is 5.13 Å². The molecule has 0 atom stereocenters. The Balaban J connectivity index is 1.66. The monoisotopic (exact) mass is 444 g/mol. The lowest BCUT2D eigenvalue weighted by Gasteiger charge is -2.08. The van der Waals surface area contributed by atoms with E-state index in [9.17, 15) is 14.7 Å². The number of anilines is 1. The van der Waals surface area contributed by atoms with E-state index >= 15 is 0 Å². The molecule has 4 aromatic rings. The van der Waals surface area contributed by atoms with Gasteiger partial charge >= 0.3 is 5.97 Å². The predicted octanol–water partition coefficient (Wildman–Crippen LogP) is 5.61. The lowest BCUT2D eigenvalue weighted by Crippen LogP contribution is -2.12. The van der Waals surface area contributed by atoms with Gasteiger partial charge in [-0.05, 0) is 30.2 Å². The first kappa shape index (κ1) is 21.3. The number of benzene rings is 3. The van der Waals surface area contributed by atoms with Crippen LogP contribution in [0.2, 0.25) is 0 Å². The Kier molecular flexibility index (Phi) is 6.28. The highest BCUT2D eigenvalue weighted by Gasteiger charge is 2.22. The maximum Gasteiger partial charge on any atom is 0.350 e. The molecular weight excluding hydrogens is 424 g/mol. The van der Waals surface area contributed by atoms with Gasteiger partial charge in [0, 0.05) is 5.56 Å². The first-order valence-corrected chi connectivity index (χ1v) is 10.8. The minimum Gasteiger partial charge on any atom is -0.507 e. The Morgan fingerprint density at radius 3 is 2.25 bits per heavy atom. The van der Waals surface area contributed by atoms with Crippen molar-refractivity contribution in [1.29, 1.82) is 0 Å². The van der Waals surface area contributed by atoms with Gasteiger partial charge in [-0.2, -0.15) is 0 Å². The number of thiazole rings is 1. The molecule has 0 aliphatic carbocycles. The fourth-order valence-corrected chi connectivity index (χ4v) is 4.07. The molecule has 7 heteroatoms. The zero-order valence-corrected chi connectivity index (χ0v) is 18.1. The number of nitrogens with zero attached hydrogens (tertiary/aromatic N) is 1. The van der Waals surface area contributed by atoms with Crippen molar-refractivity contribution in [2.24, 2.45) is 0 Å². The summed E-state index contributed by atoms with van der Waals surface area (Å²) < 4.78 is 5.16. The number of carbonyl (C=O) groups excluding carboxylic acids is 2. The van der Waals surface area contributed by atoms with Crippen molar-refractivity contribution in [3.63, 3.8) is 0 Å². The van der Waals surface area contributed by atoms with E-state index in [0.717, 1.165) is 28.0 Å². The molecule has 3 aromatic carbocycles. The number of aromatic nitrogens is 1. The van der Waals surface area contributed by atoms with Crippen molar-refractivity contribution in [2.75, 3.05) is 11.9 Å². The maximum absolute atomic E-state index is 13.0. The number of hydrogen-bond acceptors (Lipinski definition) is 6. The van der Waals surface area contributed by atoms with Gasteiger partial charge in [0.1, 0.15) is 10.6 Å². The van der Waals surface area contributed by atoms with Crippen LogP contribution in [0.3, 0.4) is 0 Å². The van der Waals surface area contributed by atoms with Crippen molar-refractivity contribution in [3.05, 3.63) is 89.3 Å². The van der Waals surface area contributed by atoms with E-state index in [1.165, 1.54) is 6.07 Å². The molecule has 0 radical (unpaired) electrons. The average Bonchev–Trinajstić information content (AvgIpc) is 3.24. The van der Waals surface area contributed by atoms with Gasteiger partial charge in [0.25, 0.3) is 5.91 Å². The number of aromatic hydroxyl groups is 1. The van der Waals surface area contributed by atoms with Gasteiger partial charge in [-0.25, -0.2) is 9.78 Å². The summed E-state index contributed by atoms with van der Waals surface area (Å²) in [6.07, 6.45) is 0. The van der Waals surface area contributed by atoms with E-state index < -0.39 is 11.9 Å². The summed E-state index contributed by atoms with van der Waals surface area (Å²) in [6, 6.07) is 23.6. The van der Waals surface area contributed by atoms with E-state index in [-0.39, 0.29) is 23.1 Å². The van der Waals surface area contributed by atoms with Crippen molar-refractivity contribution in [1.82, 2.24) is 4.98 Å². The van der Waals surface area contributed by atoms with E-state index in [1.54, 1.807) is 19.1 Å². The normalized spacial score (nSPS) is 10.5. The van der Waals surface area contributed by atoms with E-state index in [4.69, 9.17) is 4.74 Å². The topological polar surface area (TPSA) is 88.5 Å². The summed E-state index contributed by atoms with van der Waals surface area (Å²) in [5, 5.41) is 13.2. The number of hydrogen-bond donors (Lipinski definition) is 2. The third-order valence-corrected chi connectivity index (χ3v) is 5.65. The molecule has 160 valence electrons. The van der Waals surface area contributed by atoms with Gasteiger partial charge in [-0.1, -0.05) is 78.1 Å². The van der Waals surface area contributed by atoms with Crippen LogP contribution in [0.25, 0.3) is 22.4 Å². The van der Waals surface area contributed by atoms with Gasteiger partial charge in [0.05, 0.1) is 17.9 Å². The SMILES string of the molecule is CCOC(=O)c1sc(NC(=O)c2cc(-c3ccccc3)ccc2O)nc1-c1ccccc1. The van der Waals surface area contributed by atoms with Crippen LogP contribution in [-0.2, 0) is 4.74 Å². The summed E-state index contributed by atoms with van der Waals surface area (Å²) in [5.74, 6) is -1.17. The first-order chi connectivity index (χ1) is 15.6. The summed E-state index contributed by atoms with van der Waals surface area (Å²) in [6.45, 7) is 1.96. The van der Waals surface area contributed by atoms with E-state index in [2.05, 4.69) is 10.3 Å². The number of rotatable bonds is 6. The van der Waals surface area contributed by atoms with Gasteiger partial charge < -0.3 is 9.84 Å². The minimum atomic E-state index is -0.524. The van der Waals surface area contributed by atoms with Crippen LogP contribution >= 0.6 is 11.3 Å². The number of esters is 1. The average molecular weight is 445 g/mol. The molecule has 0 aliphatic heterocycles. The quantitative estimate of drug-likeness (QED) is 0.377. The van der Waals surface area contributed by atoms with Crippen LogP contribution in [0.5, 0.6) is 5.75 Å². The van der Waals surface area contributed by atoms with Crippen LogP contribution in [0, 0.1) is 0 Å². The molecule has 0 spiro atoms. The summed E-state index contributed by atoms with van der Waals surface area (Å²) in [4.78, 5) is 30.2. The molecule has 1 heterocycles. The molecule has 1 amide bonds. The second-order valence-corrected chi connectivity index (χ2v) is 7.83. The highest BCUT2D eigenvalue weighted by Crippen LogP contribution is 2.33. The Morgan fingerprint density at radius 2 is 1.59 bits per heavy atom. The molecule has 0 aliphatic rings. The molecule has 6 nitrogen and oxygen atoms in total. The molecule has 32 heavy (non-hydrogen) atoms. The molecule has 4 rings (SSSR count). The fraction of sp³-hybridized carbons (Fsp3) is 0.0800. The maximum atomic E-state index is 13.0. The smallest absolute Gasteiger partial charge is 0.350 e. The Labute approximate surface area is 189 Å². The Hall–Kier alpha value is -3.97. The standard InChI is InChI=1S/C25H20N2O4S/c1-2-31-24(30)22-21(17-11-7-4-8-12-17)26-25(32-22)27-23(29)19-15-18(13-14-20(19)28)16-9-5-3-6-10-16/h3-15,28H,2H2,1H3,(H,26,27,29). The number of phenols is 1. The summed E-state index contributed by atoms with van der Waals surface area (Å²) in [5.41, 5.74) is 3.00. The lowest BCUT2D eigenvalue weighted by molar-refractivity contribution is 0.0532. The number of phenolic OH excluding ortho intramolecular Hbond substituents is 1. The lowest BCUT2D eigenvalue weighted by atomic mass is 10.0. The highest BCUT2D eigenvalue weighted by molar-refractivity contribution is 7.18. The van der Waals surface area contributed by atoms with E-state index in [0.29, 0.717) is 10.6 Å². The van der Waals surface area contributed by atoms with Gasteiger partial charge in [-0.3, -0.25) is 10.1 Å². The van der Waals surface area contributed by atoms with Crippen LogP contribution in [0.15, 0.2) is 78.9 Å². The molecule has 1 aromatic heterocycles. The highest BCUT2D eigenvalue weighted by atomic mass is 32.1. The van der Waals surface area contributed by atoms with Gasteiger partial charge in [-0.15, -0.1) is 0 Å². The Bertz CT molecular complexity index is 1250. The number of nitrogens with one attached hydrogen (secondary N) is 1. The third-order valence-electron chi connectivity index (χ3n) is 4.70. The zero-order valence-electron chi connectivity index (χ0n) is 17.2. The Morgan fingerprint density at radius 1 is 0.938 bits per heavy atom. The van der Waals surface area contributed by atoms with Crippen molar-refractivity contribution >= 4 is 28.3 Å². The van der Waals surface area contributed by atoms with Crippen LogP contribution in [-0.4, -0.2) is 28.6 Å². The first-order valence-electron chi connectivity index (χ1n) is 10.00. The van der Waals surface area contributed by atoms with Crippen molar-refractivity contribution < 1.29 is 19.4 Å². The van der Waals surface area contributed by atoms with Crippen LogP contribution in [0.1, 0.15) is 27.0 Å². The largest absolute Gasteiger partial charge is 0.507 e. The number of amides is 1. The van der Waals surface area contributed by atoms with Gasteiger partial charge in [0.15, 0.2) is 5.13 Å². The molecule has 0 saturated heterocycles. The number of ether oxygens (including phenoxy) is 1. The molecular formula is C25H20N2O4S.